The van der Waals surface area contributed by atoms with Gasteiger partial charge in [0.2, 0.25) is 5.91 Å². The third-order valence-electron chi connectivity index (χ3n) is 4.62. The van der Waals surface area contributed by atoms with Crippen molar-refractivity contribution in [1.29, 1.82) is 0 Å². The Hall–Kier alpha value is -2.66. The molecule has 0 spiro atoms. The second-order valence-electron chi connectivity index (χ2n) is 6.37. The van der Waals surface area contributed by atoms with Gasteiger partial charge in [-0.05, 0) is 31.7 Å². The van der Waals surface area contributed by atoms with Crippen LogP contribution in [0.15, 0.2) is 54.6 Å². The van der Waals surface area contributed by atoms with Crippen LogP contribution in [-0.4, -0.2) is 33.4 Å². The van der Waals surface area contributed by atoms with E-state index in [0.717, 1.165) is 22.4 Å². The van der Waals surface area contributed by atoms with Crippen molar-refractivity contribution in [3.8, 4) is 0 Å². The highest BCUT2D eigenvalue weighted by Gasteiger charge is 2.20. The largest absolute Gasteiger partial charge is 0.351 e. The average Bonchev–Trinajstić information content (AvgIpc) is 2.96. The molecule has 5 heteroatoms. The fourth-order valence-corrected chi connectivity index (χ4v) is 2.83. The van der Waals surface area contributed by atoms with E-state index in [1.807, 2.05) is 74.4 Å². The molecule has 0 aliphatic rings. The van der Waals surface area contributed by atoms with E-state index in [0.29, 0.717) is 13.1 Å². The summed E-state index contributed by atoms with van der Waals surface area (Å²) in [6, 6.07) is 17.8. The summed E-state index contributed by atoms with van der Waals surface area (Å²) >= 11 is 0. The summed E-state index contributed by atoms with van der Waals surface area (Å²) in [5.41, 5.74) is 3.18. The second-order valence-corrected chi connectivity index (χ2v) is 6.37. The molecule has 1 heterocycles. The van der Waals surface area contributed by atoms with Crippen molar-refractivity contribution in [3.63, 3.8) is 0 Å². The number of likely N-dealkylation sites (N-methyl/N-ethyl adjacent to an activating group) is 1. The smallest absolute Gasteiger partial charge is 0.237 e. The molecular formula is C20H24N4O. The lowest BCUT2D eigenvalue weighted by atomic mass is 10.2. The molecule has 5 nitrogen and oxygen atoms in total. The number of nitrogens with one attached hydrogen (secondary N) is 1. The Morgan fingerprint density at radius 2 is 1.84 bits per heavy atom. The Morgan fingerprint density at radius 1 is 1.16 bits per heavy atom. The van der Waals surface area contributed by atoms with E-state index in [1.165, 1.54) is 0 Å². The minimum atomic E-state index is -0.233. The number of carbonyl (C=O) groups is 1. The number of benzene rings is 2. The Balaban J connectivity index is 1.62. The molecule has 1 aromatic heterocycles. The number of aryl methyl sites for hydroxylation is 1. The van der Waals surface area contributed by atoms with E-state index >= 15 is 0 Å². The lowest BCUT2D eigenvalue weighted by molar-refractivity contribution is -0.125. The molecule has 0 aliphatic heterocycles. The van der Waals surface area contributed by atoms with Gasteiger partial charge in [-0.15, -0.1) is 0 Å². The first-order valence-corrected chi connectivity index (χ1v) is 8.48. The van der Waals surface area contributed by atoms with Crippen LogP contribution < -0.4 is 5.32 Å². The molecule has 0 saturated carbocycles. The lowest BCUT2D eigenvalue weighted by Gasteiger charge is -2.23. The Labute approximate surface area is 148 Å². The third kappa shape index (κ3) is 3.88. The van der Waals surface area contributed by atoms with Crippen LogP contribution in [0.5, 0.6) is 0 Å². The Kier molecular flexibility index (Phi) is 5.14. The van der Waals surface area contributed by atoms with Gasteiger partial charge in [0.25, 0.3) is 0 Å². The Bertz CT molecular complexity index is 857. The molecule has 1 atom stereocenters. The minimum absolute atomic E-state index is 0.0186. The summed E-state index contributed by atoms with van der Waals surface area (Å²) in [7, 11) is 3.96. The van der Waals surface area contributed by atoms with Crippen molar-refractivity contribution >= 4 is 16.9 Å². The van der Waals surface area contributed by atoms with E-state index < -0.39 is 0 Å². The summed E-state index contributed by atoms with van der Waals surface area (Å²) in [6.07, 6.45) is 0. The van der Waals surface area contributed by atoms with E-state index in [4.69, 9.17) is 0 Å². The molecule has 130 valence electrons. The van der Waals surface area contributed by atoms with Crippen LogP contribution in [0, 0.1) is 0 Å². The van der Waals surface area contributed by atoms with E-state index in [1.54, 1.807) is 0 Å². The highest BCUT2D eigenvalue weighted by molar-refractivity contribution is 5.81. The van der Waals surface area contributed by atoms with Gasteiger partial charge in [-0.25, -0.2) is 4.98 Å². The van der Waals surface area contributed by atoms with Gasteiger partial charge in [0.05, 0.1) is 23.6 Å². The first-order chi connectivity index (χ1) is 12.1. The molecule has 1 amide bonds. The van der Waals surface area contributed by atoms with Crippen molar-refractivity contribution in [2.45, 2.75) is 26.1 Å². The second kappa shape index (κ2) is 7.49. The van der Waals surface area contributed by atoms with Crippen molar-refractivity contribution in [1.82, 2.24) is 19.8 Å². The van der Waals surface area contributed by atoms with Gasteiger partial charge < -0.3 is 9.88 Å². The van der Waals surface area contributed by atoms with Gasteiger partial charge in [0.15, 0.2) is 0 Å². The number of nitrogens with zero attached hydrogens (tertiary/aromatic N) is 3. The molecular weight excluding hydrogens is 312 g/mol. The first-order valence-electron chi connectivity index (χ1n) is 8.48. The topological polar surface area (TPSA) is 50.2 Å². The fourth-order valence-electron chi connectivity index (χ4n) is 2.83. The lowest BCUT2D eigenvalue weighted by Crippen LogP contribution is -2.42. The number of carbonyl (C=O) groups excluding carboxylic acids is 1. The van der Waals surface area contributed by atoms with E-state index in [2.05, 4.69) is 20.9 Å². The SMILES string of the molecule is CC(C(=O)NCc1ccccc1)N(C)Cc1nc2ccccc2n1C. The summed E-state index contributed by atoms with van der Waals surface area (Å²) in [4.78, 5) is 19.1. The van der Waals surface area contributed by atoms with Gasteiger partial charge in [-0.2, -0.15) is 0 Å². The maximum atomic E-state index is 12.4. The maximum absolute atomic E-state index is 12.4. The molecule has 1 unspecified atom stereocenters. The average molecular weight is 336 g/mol. The highest BCUT2D eigenvalue weighted by Crippen LogP contribution is 2.16. The number of amides is 1. The molecule has 0 bridgehead atoms. The van der Waals surface area contributed by atoms with Crippen LogP contribution in [0.2, 0.25) is 0 Å². The van der Waals surface area contributed by atoms with Crippen LogP contribution >= 0.6 is 0 Å². The zero-order chi connectivity index (χ0) is 17.8. The molecule has 2 aromatic carbocycles. The quantitative estimate of drug-likeness (QED) is 0.753. The summed E-state index contributed by atoms with van der Waals surface area (Å²) in [6.45, 7) is 3.08. The number of hydrogen-bond donors (Lipinski definition) is 1. The minimum Gasteiger partial charge on any atom is -0.351 e. The molecule has 0 saturated heterocycles. The fraction of sp³-hybridized carbons (Fsp3) is 0.300. The zero-order valence-corrected chi connectivity index (χ0v) is 14.9. The van der Waals surface area contributed by atoms with Crippen LogP contribution in [0.25, 0.3) is 11.0 Å². The molecule has 25 heavy (non-hydrogen) atoms. The number of imidazole rings is 1. The summed E-state index contributed by atoms with van der Waals surface area (Å²) < 4.78 is 2.08. The first kappa shape index (κ1) is 17.2. The molecule has 3 rings (SSSR count). The van der Waals surface area contributed by atoms with Gasteiger partial charge in [-0.3, -0.25) is 9.69 Å². The van der Waals surface area contributed by atoms with Crippen molar-refractivity contribution < 1.29 is 4.79 Å². The van der Waals surface area contributed by atoms with Gasteiger partial charge in [0.1, 0.15) is 5.82 Å². The summed E-state index contributed by atoms with van der Waals surface area (Å²) in [5, 5.41) is 3.00. The number of para-hydroxylation sites is 2. The molecule has 3 aromatic rings. The maximum Gasteiger partial charge on any atom is 0.237 e. The van der Waals surface area contributed by atoms with Crippen LogP contribution in [0.4, 0.5) is 0 Å². The van der Waals surface area contributed by atoms with Crippen LogP contribution in [-0.2, 0) is 24.9 Å². The van der Waals surface area contributed by atoms with Gasteiger partial charge >= 0.3 is 0 Å². The number of fused-ring (bicyclic) bond motifs is 1. The van der Waals surface area contributed by atoms with E-state index in [9.17, 15) is 4.79 Å². The molecule has 1 N–H and O–H groups in total. The zero-order valence-electron chi connectivity index (χ0n) is 14.9. The number of aromatic nitrogens is 2. The Morgan fingerprint density at radius 3 is 2.56 bits per heavy atom. The van der Waals surface area contributed by atoms with Crippen molar-refractivity contribution in [2.24, 2.45) is 7.05 Å². The predicted molar refractivity (Wildman–Crippen MR) is 99.9 cm³/mol. The highest BCUT2D eigenvalue weighted by atomic mass is 16.2. The molecule has 0 aliphatic carbocycles. The van der Waals surface area contributed by atoms with Gasteiger partial charge in [-0.1, -0.05) is 42.5 Å². The molecule has 0 fully saturated rings. The van der Waals surface area contributed by atoms with Crippen molar-refractivity contribution in [3.05, 3.63) is 66.0 Å². The summed E-state index contributed by atoms with van der Waals surface area (Å²) in [5.74, 6) is 0.969. The van der Waals surface area contributed by atoms with Crippen LogP contribution in [0.3, 0.4) is 0 Å². The monoisotopic (exact) mass is 336 g/mol. The van der Waals surface area contributed by atoms with Gasteiger partial charge in [0, 0.05) is 13.6 Å². The molecule has 0 radical (unpaired) electrons. The van der Waals surface area contributed by atoms with Crippen LogP contribution in [0.1, 0.15) is 18.3 Å². The standard InChI is InChI=1S/C20H24N4O/c1-15(20(25)21-13-16-9-5-4-6-10-16)23(2)14-19-22-17-11-7-8-12-18(17)24(19)3/h4-12,15H,13-14H2,1-3H3,(H,21,25). The number of rotatable bonds is 6. The van der Waals surface area contributed by atoms with Crippen molar-refractivity contribution in [2.75, 3.05) is 7.05 Å². The predicted octanol–water partition coefficient (Wildman–Crippen LogP) is 2.71. The third-order valence-corrected chi connectivity index (χ3v) is 4.62. The van der Waals surface area contributed by atoms with E-state index in [-0.39, 0.29) is 11.9 Å². The normalized spacial score (nSPS) is 12.5. The number of hydrogen-bond acceptors (Lipinski definition) is 3.